The molecule has 4 heteroatoms. The van der Waals surface area contributed by atoms with Gasteiger partial charge in [-0.15, -0.1) is 0 Å². The molecule has 2 rings (SSSR count). The van der Waals surface area contributed by atoms with Crippen molar-refractivity contribution in [3.05, 3.63) is 0 Å². The molecule has 4 nitrogen and oxygen atoms in total. The number of aliphatic imine (C=N–C) groups is 1. The molecule has 1 saturated carbocycles. The minimum absolute atomic E-state index is 0.0901. The topological polar surface area (TPSA) is 67.5 Å². The number of amidine groups is 1. The number of carbonyl (C=O) groups is 1. The quantitative estimate of drug-likeness (QED) is 0.435. The summed E-state index contributed by atoms with van der Waals surface area (Å²) in [6.45, 7) is 0.659. The molecule has 66 valence electrons. The van der Waals surface area contributed by atoms with Crippen LogP contribution in [0.25, 0.3) is 0 Å². The summed E-state index contributed by atoms with van der Waals surface area (Å²) in [5, 5.41) is 2.73. The van der Waals surface area contributed by atoms with E-state index in [4.69, 9.17) is 5.73 Å². The molecule has 0 bridgehead atoms. The van der Waals surface area contributed by atoms with Crippen molar-refractivity contribution in [2.45, 2.75) is 25.3 Å². The van der Waals surface area contributed by atoms with Gasteiger partial charge >= 0.3 is 0 Å². The molecule has 1 atom stereocenters. The molecule has 1 amide bonds. The lowest BCUT2D eigenvalue weighted by molar-refractivity contribution is -0.119. The van der Waals surface area contributed by atoms with Gasteiger partial charge in [0.1, 0.15) is 0 Å². The second-order valence-corrected chi connectivity index (χ2v) is 3.49. The molecule has 1 unspecified atom stereocenters. The average Bonchev–Trinajstić information content (AvgIpc) is 2.78. The Kier molecular flexibility index (Phi) is 1.75. The molecule has 0 aromatic heterocycles. The number of hydrogen-bond acceptors (Lipinski definition) is 2. The van der Waals surface area contributed by atoms with Crippen molar-refractivity contribution in [1.29, 1.82) is 0 Å². The van der Waals surface area contributed by atoms with Gasteiger partial charge < -0.3 is 11.1 Å². The van der Waals surface area contributed by atoms with Crippen LogP contribution in [-0.4, -0.2) is 24.3 Å². The third-order valence-electron chi connectivity index (χ3n) is 2.28. The Hall–Kier alpha value is -1.06. The van der Waals surface area contributed by atoms with E-state index >= 15 is 0 Å². The van der Waals surface area contributed by atoms with Crippen LogP contribution >= 0.6 is 0 Å². The Labute approximate surface area is 71.2 Å². The third kappa shape index (κ3) is 1.57. The first-order chi connectivity index (χ1) is 5.75. The van der Waals surface area contributed by atoms with Gasteiger partial charge in [0.05, 0.1) is 18.3 Å². The van der Waals surface area contributed by atoms with E-state index in [0.29, 0.717) is 18.9 Å². The highest BCUT2D eigenvalue weighted by molar-refractivity contribution is 5.86. The van der Waals surface area contributed by atoms with E-state index in [0.717, 1.165) is 5.84 Å². The SMILES string of the molecule is NC(=NC1CNC(=O)C1)C1CC1. The van der Waals surface area contributed by atoms with Gasteiger partial charge in [0, 0.05) is 12.5 Å². The predicted molar refractivity (Wildman–Crippen MR) is 45.8 cm³/mol. The summed E-state index contributed by atoms with van der Waals surface area (Å²) in [5.41, 5.74) is 5.72. The van der Waals surface area contributed by atoms with Crippen molar-refractivity contribution in [2.24, 2.45) is 16.6 Å². The van der Waals surface area contributed by atoms with Crippen molar-refractivity contribution in [2.75, 3.05) is 6.54 Å². The molecule has 1 aliphatic carbocycles. The minimum atomic E-state index is 0.0901. The standard InChI is InChI=1S/C8H13N3O/c9-8(5-1-2-5)11-6-3-7(12)10-4-6/h5-6H,1-4H2,(H2,9,11)(H,10,12). The van der Waals surface area contributed by atoms with Crippen LogP contribution in [0.4, 0.5) is 0 Å². The van der Waals surface area contributed by atoms with E-state index in [-0.39, 0.29) is 11.9 Å². The molecule has 2 fully saturated rings. The fourth-order valence-corrected chi connectivity index (χ4v) is 1.38. The Balaban J connectivity index is 1.92. The average molecular weight is 167 g/mol. The van der Waals surface area contributed by atoms with Crippen molar-refractivity contribution in [3.63, 3.8) is 0 Å². The number of nitrogens with zero attached hydrogens (tertiary/aromatic N) is 1. The number of hydrogen-bond donors (Lipinski definition) is 2. The maximum absolute atomic E-state index is 10.8. The Bertz CT molecular complexity index is 232. The Morgan fingerprint density at radius 3 is 2.83 bits per heavy atom. The highest BCUT2D eigenvalue weighted by atomic mass is 16.1. The molecule has 0 aromatic rings. The lowest BCUT2D eigenvalue weighted by Gasteiger charge is -2.01. The molecule has 2 aliphatic rings. The van der Waals surface area contributed by atoms with Crippen LogP contribution in [0, 0.1) is 5.92 Å². The van der Waals surface area contributed by atoms with Crippen LogP contribution in [0.5, 0.6) is 0 Å². The van der Waals surface area contributed by atoms with Gasteiger partial charge in [-0.1, -0.05) is 0 Å². The molecule has 1 aliphatic heterocycles. The second-order valence-electron chi connectivity index (χ2n) is 3.49. The zero-order valence-electron chi connectivity index (χ0n) is 6.92. The molecule has 1 heterocycles. The maximum Gasteiger partial charge on any atom is 0.222 e. The van der Waals surface area contributed by atoms with E-state index in [1.54, 1.807) is 0 Å². The maximum atomic E-state index is 10.8. The Morgan fingerprint density at radius 2 is 2.33 bits per heavy atom. The van der Waals surface area contributed by atoms with Gasteiger partial charge in [0.15, 0.2) is 0 Å². The summed E-state index contributed by atoms with van der Waals surface area (Å²) < 4.78 is 0. The van der Waals surface area contributed by atoms with E-state index < -0.39 is 0 Å². The molecule has 3 N–H and O–H groups in total. The zero-order valence-corrected chi connectivity index (χ0v) is 6.92. The van der Waals surface area contributed by atoms with Crippen LogP contribution in [0.2, 0.25) is 0 Å². The van der Waals surface area contributed by atoms with Gasteiger partial charge in [-0.2, -0.15) is 0 Å². The highest BCUT2D eigenvalue weighted by Crippen LogP contribution is 2.29. The fraction of sp³-hybridized carbons (Fsp3) is 0.750. The van der Waals surface area contributed by atoms with Crippen LogP contribution < -0.4 is 11.1 Å². The normalized spacial score (nSPS) is 30.5. The third-order valence-corrected chi connectivity index (χ3v) is 2.28. The predicted octanol–water partition coefficient (Wildman–Crippen LogP) is -0.358. The zero-order chi connectivity index (χ0) is 8.55. The number of rotatable bonds is 2. The molecular weight excluding hydrogens is 154 g/mol. The van der Waals surface area contributed by atoms with Crippen molar-refractivity contribution in [3.8, 4) is 0 Å². The van der Waals surface area contributed by atoms with Crippen LogP contribution in [0.3, 0.4) is 0 Å². The summed E-state index contributed by atoms with van der Waals surface area (Å²) in [6, 6.07) is 0.0955. The van der Waals surface area contributed by atoms with E-state index in [9.17, 15) is 4.79 Å². The largest absolute Gasteiger partial charge is 0.387 e. The summed E-state index contributed by atoms with van der Waals surface area (Å²) in [6.07, 6.45) is 2.85. The molecule has 12 heavy (non-hydrogen) atoms. The highest BCUT2D eigenvalue weighted by Gasteiger charge is 2.28. The number of nitrogens with two attached hydrogens (primary N) is 1. The smallest absolute Gasteiger partial charge is 0.222 e. The number of carbonyl (C=O) groups excluding carboxylic acids is 1. The number of amides is 1. The first-order valence-electron chi connectivity index (χ1n) is 4.35. The summed E-state index contributed by atoms with van der Waals surface area (Å²) in [7, 11) is 0. The molecule has 1 saturated heterocycles. The second kappa shape index (κ2) is 2.77. The van der Waals surface area contributed by atoms with Gasteiger partial charge in [-0.25, -0.2) is 0 Å². The lowest BCUT2D eigenvalue weighted by Crippen LogP contribution is -2.20. The molecule has 0 spiro atoms. The molecule has 0 radical (unpaired) electrons. The first-order valence-corrected chi connectivity index (χ1v) is 4.35. The van der Waals surface area contributed by atoms with E-state index in [1.165, 1.54) is 12.8 Å². The number of nitrogens with one attached hydrogen (secondary N) is 1. The van der Waals surface area contributed by atoms with Crippen LogP contribution in [-0.2, 0) is 4.79 Å². The van der Waals surface area contributed by atoms with Gasteiger partial charge in [-0.3, -0.25) is 9.79 Å². The summed E-state index contributed by atoms with van der Waals surface area (Å²) in [4.78, 5) is 15.1. The monoisotopic (exact) mass is 167 g/mol. The fourth-order valence-electron chi connectivity index (χ4n) is 1.38. The minimum Gasteiger partial charge on any atom is -0.387 e. The van der Waals surface area contributed by atoms with E-state index in [2.05, 4.69) is 10.3 Å². The first kappa shape index (κ1) is 7.58. The summed E-state index contributed by atoms with van der Waals surface area (Å²) >= 11 is 0. The lowest BCUT2D eigenvalue weighted by atomic mass is 10.2. The van der Waals surface area contributed by atoms with E-state index in [1.807, 2.05) is 0 Å². The van der Waals surface area contributed by atoms with Crippen LogP contribution in [0.15, 0.2) is 4.99 Å². The molecule has 0 aromatic carbocycles. The molecular formula is C8H13N3O. The van der Waals surface area contributed by atoms with Gasteiger partial charge in [-0.05, 0) is 12.8 Å². The summed E-state index contributed by atoms with van der Waals surface area (Å²) in [5.74, 6) is 1.35. The van der Waals surface area contributed by atoms with Gasteiger partial charge in [0.25, 0.3) is 0 Å². The Morgan fingerprint density at radius 1 is 1.58 bits per heavy atom. The van der Waals surface area contributed by atoms with Crippen molar-refractivity contribution >= 4 is 11.7 Å². The van der Waals surface area contributed by atoms with Crippen LogP contribution in [0.1, 0.15) is 19.3 Å². The van der Waals surface area contributed by atoms with Gasteiger partial charge in [0.2, 0.25) is 5.91 Å². The van der Waals surface area contributed by atoms with Crippen molar-refractivity contribution < 1.29 is 4.79 Å². The van der Waals surface area contributed by atoms with Crippen molar-refractivity contribution in [1.82, 2.24) is 5.32 Å².